The zero-order chi connectivity index (χ0) is 15.6. The van der Waals surface area contributed by atoms with Crippen molar-refractivity contribution in [3.63, 3.8) is 0 Å². The van der Waals surface area contributed by atoms with Crippen molar-refractivity contribution in [1.82, 2.24) is 0 Å². The van der Waals surface area contributed by atoms with Crippen LogP contribution in [-0.2, 0) is 18.6 Å². The highest BCUT2D eigenvalue weighted by Gasteiger charge is 2.15. The van der Waals surface area contributed by atoms with Crippen LogP contribution < -0.4 is 5.32 Å². The van der Waals surface area contributed by atoms with Crippen molar-refractivity contribution in [2.24, 2.45) is 0 Å². The van der Waals surface area contributed by atoms with Gasteiger partial charge in [-0.3, -0.25) is 4.79 Å². The fourth-order valence-electron chi connectivity index (χ4n) is 1.40. The quantitative estimate of drug-likeness (QED) is 0.866. The molecule has 0 saturated carbocycles. The molecule has 1 aromatic rings. The average Bonchev–Trinajstić information content (AvgIpc) is 2.27. The van der Waals surface area contributed by atoms with Gasteiger partial charge in [0, 0.05) is 16.4 Å². The third-order valence-electron chi connectivity index (χ3n) is 2.39. The second-order valence-corrected chi connectivity index (χ2v) is 7.93. The zero-order valence-corrected chi connectivity index (χ0v) is 13.4. The molecule has 0 aromatic heterocycles. The molecule has 0 aliphatic heterocycles. The van der Waals surface area contributed by atoms with Crippen LogP contribution in [0.1, 0.15) is 26.3 Å². The molecule has 20 heavy (non-hydrogen) atoms. The fourth-order valence-corrected chi connectivity index (χ4v) is 2.23. The molecule has 0 bridgehead atoms. The van der Waals surface area contributed by atoms with Crippen LogP contribution in [0.15, 0.2) is 23.1 Å². The Kier molecular flexibility index (Phi) is 5.18. The van der Waals surface area contributed by atoms with E-state index in [1.165, 1.54) is 18.2 Å². The largest absolute Gasteiger partial charge is 0.366 e. The van der Waals surface area contributed by atoms with Crippen LogP contribution in [0.3, 0.4) is 0 Å². The molecule has 0 spiro atoms. The van der Waals surface area contributed by atoms with E-state index in [-0.39, 0.29) is 17.4 Å². The number of carbonyl (C=O) groups is 1. The number of hydrogen-bond donors (Lipinski definition) is 1. The van der Waals surface area contributed by atoms with Gasteiger partial charge in [0.1, 0.15) is 6.61 Å². The first-order valence-corrected chi connectivity index (χ1v) is 8.29. The molecule has 1 rings (SSSR count). The maximum Gasteiger partial charge on any atom is 0.261 e. The molecular formula is C13H18ClNO4S. The first kappa shape index (κ1) is 16.9. The molecule has 0 unspecified atom stereocenters. The SMILES string of the molecule is Cc1cc(S(=O)(=O)Cl)ccc1NC(=O)COC(C)(C)C. The Balaban J connectivity index is 2.77. The monoisotopic (exact) mass is 319 g/mol. The zero-order valence-electron chi connectivity index (χ0n) is 11.9. The minimum atomic E-state index is -3.77. The van der Waals surface area contributed by atoms with Gasteiger partial charge in [0.2, 0.25) is 5.91 Å². The Bertz CT molecular complexity index is 605. The second kappa shape index (κ2) is 6.11. The van der Waals surface area contributed by atoms with Crippen LogP contribution >= 0.6 is 10.7 Å². The highest BCUT2D eigenvalue weighted by molar-refractivity contribution is 8.13. The van der Waals surface area contributed by atoms with E-state index in [0.29, 0.717) is 11.3 Å². The molecule has 7 heteroatoms. The van der Waals surface area contributed by atoms with Gasteiger partial charge in [-0.2, -0.15) is 0 Å². The highest BCUT2D eigenvalue weighted by atomic mass is 35.7. The van der Waals surface area contributed by atoms with Crippen molar-refractivity contribution >= 4 is 31.3 Å². The van der Waals surface area contributed by atoms with E-state index in [1.807, 2.05) is 20.8 Å². The molecule has 0 saturated heterocycles. The molecule has 0 heterocycles. The van der Waals surface area contributed by atoms with Gasteiger partial charge in [-0.05, 0) is 51.5 Å². The summed E-state index contributed by atoms with van der Waals surface area (Å²) in [7, 11) is 1.49. The molecule has 1 N–H and O–H groups in total. The molecule has 1 aromatic carbocycles. The lowest BCUT2D eigenvalue weighted by molar-refractivity contribution is -0.125. The first-order valence-electron chi connectivity index (χ1n) is 5.98. The summed E-state index contributed by atoms with van der Waals surface area (Å²) in [6.45, 7) is 7.17. The summed E-state index contributed by atoms with van der Waals surface area (Å²) in [5, 5.41) is 2.66. The van der Waals surface area contributed by atoms with Crippen molar-refractivity contribution < 1.29 is 17.9 Å². The third kappa shape index (κ3) is 5.48. The van der Waals surface area contributed by atoms with Crippen LogP contribution in [0.5, 0.6) is 0 Å². The fraction of sp³-hybridized carbons (Fsp3) is 0.462. The van der Waals surface area contributed by atoms with Gasteiger partial charge in [-0.1, -0.05) is 0 Å². The second-order valence-electron chi connectivity index (χ2n) is 5.36. The van der Waals surface area contributed by atoms with Gasteiger partial charge >= 0.3 is 0 Å². The molecule has 0 fully saturated rings. The van der Waals surface area contributed by atoms with E-state index < -0.39 is 14.7 Å². The highest BCUT2D eigenvalue weighted by Crippen LogP contribution is 2.22. The topological polar surface area (TPSA) is 72.5 Å². The normalized spacial score (nSPS) is 12.2. The summed E-state index contributed by atoms with van der Waals surface area (Å²) in [6.07, 6.45) is 0. The van der Waals surface area contributed by atoms with Gasteiger partial charge in [0.15, 0.2) is 0 Å². The summed E-state index contributed by atoms with van der Waals surface area (Å²) in [5.74, 6) is -0.301. The molecule has 112 valence electrons. The minimum Gasteiger partial charge on any atom is -0.366 e. The average molecular weight is 320 g/mol. The van der Waals surface area contributed by atoms with E-state index in [2.05, 4.69) is 5.32 Å². The Labute approximate surface area is 123 Å². The number of ether oxygens (including phenoxy) is 1. The molecule has 0 radical (unpaired) electrons. The number of aryl methyl sites for hydroxylation is 1. The van der Waals surface area contributed by atoms with Crippen molar-refractivity contribution in [3.8, 4) is 0 Å². The lowest BCUT2D eigenvalue weighted by Crippen LogP contribution is -2.27. The molecule has 0 aliphatic rings. The number of amides is 1. The Morgan fingerprint density at radius 3 is 2.40 bits per heavy atom. The lowest BCUT2D eigenvalue weighted by Gasteiger charge is -2.19. The van der Waals surface area contributed by atoms with Gasteiger partial charge in [0.25, 0.3) is 9.05 Å². The maximum atomic E-state index is 11.7. The number of hydrogen-bond acceptors (Lipinski definition) is 4. The first-order chi connectivity index (χ1) is 8.99. The molecule has 5 nitrogen and oxygen atoms in total. The van der Waals surface area contributed by atoms with Crippen molar-refractivity contribution in [3.05, 3.63) is 23.8 Å². The standard InChI is InChI=1S/C13H18ClNO4S/c1-9-7-10(20(14,17)18)5-6-11(9)15-12(16)8-19-13(2,3)4/h5-7H,8H2,1-4H3,(H,15,16). The van der Waals surface area contributed by atoms with Crippen LogP contribution in [0.25, 0.3) is 0 Å². The number of carbonyl (C=O) groups excluding carboxylic acids is 1. The summed E-state index contributed by atoms with van der Waals surface area (Å²) in [5.41, 5.74) is 0.732. The van der Waals surface area contributed by atoms with E-state index in [1.54, 1.807) is 6.92 Å². The number of nitrogens with one attached hydrogen (secondary N) is 1. The smallest absolute Gasteiger partial charge is 0.261 e. The summed E-state index contributed by atoms with van der Waals surface area (Å²) in [4.78, 5) is 11.7. The number of halogens is 1. The molecule has 0 aliphatic carbocycles. The molecule has 0 atom stereocenters. The number of benzene rings is 1. The van der Waals surface area contributed by atoms with Crippen LogP contribution in [0, 0.1) is 6.92 Å². The van der Waals surface area contributed by atoms with Gasteiger partial charge in [0.05, 0.1) is 10.5 Å². The van der Waals surface area contributed by atoms with Crippen molar-refractivity contribution in [2.45, 2.75) is 38.2 Å². The Hall–Kier alpha value is -1.11. The van der Waals surface area contributed by atoms with Gasteiger partial charge < -0.3 is 10.1 Å². The van der Waals surface area contributed by atoms with Gasteiger partial charge in [-0.25, -0.2) is 8.42 Å². The summed E-state index contributed by atoms with van der Waals surface area (Å²) < 4.78 is 27.7. The number of rotatable bonds is 4. The van der Waals surface area contributed by atoms with Crippen LogP contribution in [0.2, 0.25) is 0 Å². The Morgan fingerprint density at radius 1 is 1.35 bits per heavy atom. The van der Waals surface area contributed by atoms with E-state index >= 15 is 0 Å². The predicted molar refractivity (Wildman–Crippen MR) is 78.6 cm³/mol. The Morgan fingerprint density at radius 2 is 1.95 bits per heavy atom. The van der Waals surface area contributed by atoms with E-state index in [4.69, 9.17) is 15.4 Å². The lowest BCUT2D eigenvalue weighted by atomic mass is 10.2. The maximum absolute atomic E-state index is 11.7. The van der Waals surface area contributed by atoms with E-state index in [9.17, 15) is 13.2 Å². The van der Waals surface area contributed by atoms with Crippen molar-refractivity contribution in [2.75, 3.05) is 11.9 Å². The summed E-state index contributed by atoms with van der Waals surface area (Å²) >= 11 is 0. The van der Waals surface area contributed by atoms with E-state index in [0.717, 1.165) is 0 Å². The molecule has 1 amide bonds. The van der Waals surface area contributed by atoms with Crippen LogP contribution in [0.4, 0.5) is 5.69 Å². The third-order valence-corrected chi connectivity index (χ3v) is 3.74. The van der Waals surface area contributed by atoms with Crippen molar-refractivity contribution in [1.29, 1.82) is 0 Å². The number of anilines is 1. The minimum absolute atomic E-state index is 0.000562. The molecular weight excluding hydrogens is 302 g/mol. The predicted octanol–water partition coefficient (Wildman–Crippen LogP) is 2.68. The summed E-state index contributed by atoms with van der Waals surface area (Å²) in [6, 6.07) is 4.25. The van der Waals surface area contributed by atoms with Crippen LogP contribution in [-0.4, -0.2) is 26.5 Å². The van der Waals surface area contributed by atoms with Gasteiger partial charge in [-0.15, -0.1) is 0 Å².